The van der Waals surface area contributed by atoms with Gasteiger partial charge in [-0.3, -0.25) is 9.97 Å². The van der Waals surface area contributed by atoms with Crippen LogP contribution in [0.25, 0.3) is 10.9 Å². The lowest BCUT2D eigenvalue weighted by molar-refractivity contribution is 0.309. The number of rotatable bonds is 3. The summed E-state index contributed by atoms with van der Waals surface area (Å²) in [5, 5.41) is 1.05. The number of aromatic nitrogens is 2. The lowest BCUT2D eigenvalue weighted by atomic mass is 10.2. The van der Waals surface area contributed by atoms with Gasteiger partial charge in [0.25, 0.3) is 0 Å². The summed E-state index contributed by atoms with van der Waals surface area (Å²) in [6, 6.07) is 7.94. The molecule has 0 saturated heterocycles. The van der Waals surface area contributed by atoms with Gasteiger partial charge in [-0.1, -0.05) is 22.0 Å². The van der Waals surface area contributed by atoms with E-state index in [2.05, 4.69) is 25.9 Å². The number of hydrogen-bond acceptors (Lipinski definition) is 4. The van der Waals surface area contributed by atoms with Crippen LogP contribution < -0.4 is 4.74 Å². The number of pyridine rings is 1. The SMILES string of the molecule is Brc1cccc2ncc(OCc3cncs3)cc12. The number of ether oxygens (including phenoxy) is 1. The van der Waals surface area contributed by atoms with Gasteiger partial charge in [0.2, 0.25) is 0 Å². The van der Waals surface area contributed by atoms with Crippen molar-refractivity contribution >= 4 is 38.2 Å². The first kappa shape index (κ1) is 11.6. The topological polar surface area (TPSA) is 35.0 Å². The van der Waals surface area contributed by atoms with E-state index in [1.54, 1.807) is 23.0 Å². The van der Waals surface area contributed by atoms with E-state index in [0.717, 1.165) is 26.0 Å². The molecule has 0 N–H and O–H groups in total. The highest BCUT2D eigenvalue weighted by molar-refractivity contribution is 9.10. The van der Waals surface area contributed by atoms with E-state index in [4.69, 9.17) is 4.74 Å². The fourth-order valence-electron chi connectivity index (χ4n) is 1.64. The first-order valence-corrected chi connectivity index (χ1v) is 7.04. The number of halogens is 1. The Morgan fingerprint density at radius 3 is 3.06 bits per heavy atom. The van der Waals surface area contributed by atoms with Crippen LogP contribution in [-0.2, 0) is 6.61 Å². The highest BCUT2D eigenvalue weighted by atomic mass is 79.9. The predicted octanol–water partition coefficient (Wildman–Crippen LogP) is 4.03. The summed E-state index contributed by atoms with van der Waals surface area (Å²) in [6.07, 6.45) is 3.56. The van der Waals surface area contributed by atoms with E-state index in [-0.39, 0.29) is 0 Å². The van der Waals surface area contributed by atoms with Gasteiger partial charge in [0.05, 0.1) is 22.1 Å². The minimum absolute atomic E-state index is 0.530. The monoisotopic (exact) mass is 320 g/mol. The lowest BCUT2D eigenvalue weighted by Gasteiger charge is -2.06. The Hall–Kier alpha value is -1.46. The van der Waals surface area contributed by atoms with Crippen molar-refractivity contribution in [3.05, 3.63) is 51.5 Å². The molecule has 0 atom stereocenters. The van der Waals surface area contributed by atoms with Crippen molar-refractivity contribution in [3.63, 3.8) is 0 Å². The summed E-state index contributed by atoms with van der Waals surface area (Å²) in [5.41, 5.74) is 2.75. The van der Waals surface area contributed by atoms with Gasteiger partial charge in [-0.25, -0.2) is 0 Å². The summed E-state index contributed by atoms with van der Waals surface area (Å²) >= 11 is 5.10. The van der Waals surface area contributed by atoms with Gasteiger partial charge >= 0.3 is 0 Å². The molecule has 3 rings (SSSR count). The molecular formula is C13H9BrN2OS. The smallest absolute Gasteiger partial charge is 0.138 e. The second-order valence-electron chi connectivity index (χ2n) is 3.73. The summed E-state index contributed by atoms with van der Waals surface area (Å²) in [5.74, 6) is 0.766. The third-order valence-corrected chi connectivity index (χ3v) is 3.96. The molecule has 18 heavy (non-hydrogen) atoms. The quantitative estimate of drug-likeness (QED) is 0.730. The molecule has 0 bridgehead atoms. The molecule has 0 fully saturated rings. The summed E-state index contributed by atoms with van der Waals surface area (Å²) < 4.78 is 6.72. The van der Waals surface area contributed by atoms with Crippen molar-refractivity contribution in [3.8, 4) is 5.75 Å². The molecule has 5 heteroatoms. The van der Waals surface area contributed by atoms with Gasteiger partial charge in [0.1, 0.15) is 12.4 Å². The van der Waals surface area contributed by atoms with E-state index in [1.165, 1.54) is 0 Å². The maximum absolute atomic E-state index is 5.70. The maximum Gasteiger partial charge on any atom is 0.138 e. The highest BCUT2D eigenvalue weighted by Crippen LogP contribution is 2.26. The average Bonchev–Trinajstić information content (AvgIpc) is 2.90. The Balaban J connectivity index is 1.86. The van der Waals surface area contributed by atoms with E-state index in [9.17, 15) is 0 Å². The molecule has 0 spiro atoms. The predicted molar refractivity (Wildman–Crippen MR) is 75.9 cm³/mol. The highest BCUT2D eigenvalue weighted by Gasteiger charge is 2.03. The van der Waals surface area contributed by atoms with Crippen LogP contribution in [0.5, 0.6) is 5.75 Å². The average molecular weight is 321 g/mol. The van der Waals surface area contributed by atoms with Crippen LogP contribution in [0, 0.1) is 0 Å². The van der Waals surface area contributed by atoms with E-state index < -0.39 is 0 Å². The fourth-order valence-corrected chi connectivity index (χ4v) is 2.62. The summed E-state index contributed by atoms with van der Waals surface area (Å²) in [4.78, 5) is 9.49. The second kappa shape index (κ2) is 5.04. The van der Waals surface area contributed by atoms with Gasteiger partial charge in [0.15, 0.2) is 0 Å². The molecule has 0 aliphatic heterocycles. The minimum Gasteiger partial charge on any atom is -0.486 e. The van der Waals surface area contributed by atoms with Crippen LogP contribution >= 0.6 is 27.3 Å². The lowest BCUT2D eigenvalue weighted by Crippen LogP contribution is -1.93. The van der Waals surface area contributed by atoms with Crippen molar-refractivity contribution < 1.29 is 4.74 Å². The summed E-state index contributed by atoms with van der Waals surface area (Å²) in [6.45, 7) is 0.530. The van der Waals surface area contributed by atoms with Crippen LogP contribution in [-0.4, -0.2) is 9.97 Å². The van der Waals surface area contributed by atoms with Crippen LogP contribution in [0.4, 0.5) is 0 Å². The van der Waals surface area contributed by atoms with Gasteiger partial charge < -0.3 is 4.74 Å². The molecule has 90 valence electrons. The van der Waals surface area contributed by atoms with E-state index in [1.807, 2.05) is 30.5 Å². The molecule has 1 aromatic carbocycles. The normalized spacial score (nSPS) is 10.7. The summed E-state index contributed by atoms with van der Waals surface area (Å²) in [7, 11) is 0. The molecular weight excluding hydrogens is 312 g/mol. The van der Waals surface area contributed by atoms with Crippen molar-refractivity contribution in [2.45, 2.75) is 6.61 Å². The van der Waals surface area contributed by atoms with Crippen LogP contribution in [0.15, 0.2) is 46.6 Å². The zero-order chi connectivity index (χ0) is 12.4. The first-order chi connectivity index (χ1) is 8.83. The van der Waals surface area contributed by atoms with Crippen molar-refractivity contribution in [1.82, 2.24) is 9.97 Å². The molecule has 3 aromatic rings. The number of nitrogens with zero attached hydrogens (tertiary/aromatic N) is 2. The second-order valence-corrected chi connectivity index (χ2v) is 5.56. The maximum atomic E-state index is 5.70. The Morgan fingerprint density at radius 2 is 2.22 bits per heavy atom. The molecule has 0 aliphatic carbocycles. The molecule has 0 amide bonds. The Bertz CT molecular complexity index is 670. The molecule has 0 unspecified atom stereocenters. The molecule has 3 nitrogen and oxygen atoms in total. The third-order valence-electron chi connectivity index (χ3n) is 2.51. The van der Waals surface area contributed by atoms with E-state index in [0.29, 0.717) is 6.61 Å². The van der Waals surface area contributed by atoms with Gasteiger partial charge in [-0.15, -0.1) is 11.3 Å². The number of fused-ring (bicyclic) bond motifs is 1. The number of thiazole rings is 1. The van der Waals surface area contributed by atoms with Gasteiger partial charge in [0, 0.05) is 16.1 Å². The molecule has 2 heterocycles. The fraction of sp³-hybridized carbons (Fsp3) is 0.0769. The molecule has 0 aliphatic rings. The number of benzene rings is 1. The minimum atomic E-state index is 0.530. The van der Waals surface area contributed by atoms with E-state index >= 15 is 0 Å². The van der Waals surface area contributed by atoms with Crippen LogP contribution in [0.3, 0.4) is 0 Å². The van der Waals surface area contributed by atoms with Crippen molar-refractivity contribution in [1.29, 1.82) is 0 Å². The van der Waals surface area contributed by atoms with Gasteiger partial charge in [-0.05, 0) is 18.2 Å². The molecule has 0 radical (unpaired) electrons. The number of hydrogen-bond donors (Lipinski definition) is 0. The van der Waals surface area contributed by atoms with Gasteiger partial charge in [-0.2, -0.15) is 0 Å². The van der Waals surface area contributed by atoms with Crippen LogP contribution in [0.2, 0.25) is 0 Å². The van der Waals surface area contributed by atoms with Crippen molar-refractivity contribution in [2.75, 3.05) is 0 Å². The largest absolute Gasteiger partial charge is 0.486 e. The molecule has 2 aromatic heterocycles. The zero-order valence-corrected chi connectivity index (χ0v) is 11.7. The third kappa shape index (κ3) is 2.37. The zero-order valence-electron chi connectivity index (χ0n) is 9.34. The Labute approximate surface area is 117 Å². The Kier molecular flexibility index (Phi) is 3.25. The Morgan fingerprint density at radius 1 is 1.28 bits per heavy atom. The first-order valence-electron chi connectivity index (χ1n) is 5.37. The standard InChI is InChI=1S/C13H9BrN2OS/c14-12-2-1-3-13-11(12)4-9(5-16-13)17-7-10-6-15-8-18-10/h1-6,8H,7H2. The van der Waals surface area contributed by atoms with Crippen LogP contribution in [0.1, 0.15) is 4.88 Å². The molecule has 0 saturated carbocycles. The van der Waals surface area contributed by atoms with Crippen molar-refractivity contribution in [2.24, 2.45) is 0 Å².